The van der Waals surface area contributed by atoms with Crippen LogP contribution in [0.15, 0.2) is 42.6 Å². The van der Waals surface area contributed by atoms with Crippen LogP contribution in [0.25, 0.3) is 0 Å². The van der Waals surface area contributed by atoms with Crippen LogP contribution in [0.5, 0.6) is 0 Å². The van der Waals surface area contributed by atoms with Crippen molar-refractivity contribution in [2.75, 3.05) is 6.54 Å². The lowest BCUT2D eigenvalue weighted by molar-refractivity contribution is -0.128. The fourth-order valence-electron chi connectivity index (χ4n) is 2.60. The van der Waals surface area contributed by atoms with Gasteiger partial charge in [-0.2, -0.15) is 0 Å². The van der Waals surface area contributed by atoms with E-state index in [2.05, 4.69) is 10.3 Å². The zero-order chi connectivity index (χ0) is 17.1. The van der Waals surface area contributed by atoms with Gasteiger partial charge in [-0.1, -0.05) is 23.7 Å². The molecule has 2 heterocycles. The lowest BCUT2D eigenvalue weighted by Gasteiger charge is -2.17. The average Bonchev–Trinajstić information content (AvgIpc) is 2.89. The highest BCUT2D eigenvalue weighted by molar-refractivity contribution is 6.30. The number of carbonyl (C=O) groups is 2. The van der Waals surface area contributed by atoms with Crippen molar-refractivity contribution in [1.82, 2.24) is 15.2 Å². The number of pyridine rings is 1. The van der Waals surface area contributed by atoms with Crippen molar-refractivity contribution >= 4 is 23.4 Å². The molecule has 3 rings (SSSR count). The van der Waals surface area contributed by atoms with Gasteiger partial charge in [-0.25, -0.2) is 9.37 Å². The minimum atomic E-state index is -0.340. The molecule has 2 amide bonds. The van der Waals surface area contributed by atoms with Crippen LogP contribution < -0.4 is 5.32 Å². The lowest BCUT2D eigenvalue weighted by atomic mass is 10.2. The van der Waals surface area contributed by atoms with Crippen molar-refractivity contribution in [3.8, 4) is 0 Å². The van der Waals surface area contributed by atoms with E-state index in [0.29, 0.717) is 18.1 Å². The molecule has 1 aromatic carbocycles. The van der Waals surface area contributed by atoms with E-state index in [1.165, 1.54) is 24.4 Å². The second-order valence-electron chi connectivity index (χ2n) is 5.64. The highest BCUT2D eigenvalue weighted by atomic mass is 35.5. The summed E-state index contributed by atoms with van der Waals surface area (Å²) in [6.45, 7) is 0.806. The Morgan fingerprint density at radius 1 is 1.29 bits per heavy atom. The van der Waals surface area contributed by atoms with Crippen molar-refractivity contribution < 1.29 is 14.0 Å². The zero-order valence-corrected chi connectivity index (χ0v) is 13.5. The Bertz CT molecular complexity index is 749. The number of hydrogen-bond acceptors (Lipinski definition) is 3. The Morgan fingerprint density at radius 2 is 2.04 bits per heavy atom. The molecule has 0 saturated carbocycles. The molecule has 0 spiro atoms. The van der Waals surface area contributed by atoms with Crippen LogP contribution in [0.2, 0.25) is 5.02 Å². The number of nitrogens with one attached hydrogen (secondary N) is 1. The topological polar surface area (TPSA) is 62.3 Å². The quantitative estimate of drug-likeness (QED) is 0.923. The number of nitrogens with zero attached hydrogens (tertiary/aromatic N) is 2. The van der Waals surface area contributed by atoms with Crippen LogP contribution in [-0.4, -0.2) is 34.3 Å². The Labute approximate surface area is 143 Å². The van der Waals surface area contributed by atoms with Crippen molar-refractivity contribution in [3.05, 3.63) is 64.7 Å². The third kappa shape index (κ3) is 3.89. The summed E-state index contributed by atoms with van der Waals surface area (Å²) in [4.78, 5) is 29.8. The predicted molar refractivity (Wildman–Crippen MR) is 86.9 cm³/mol. The fraction of sp³-hybridized carbons (Fsp3) is 0.235. The van der Waals surface area contributed by atoms with Crippen LogP contribution >= 0.6 is 11.6 Å². The molecule has 7 heteroatoms. The highest BCUT2D eigenvalue weighted by Crippen LogP contribution is 2.16. The van der Waals surface area contributed by atoms with Crippen molar-refractivity contribution in [3.63, 3.8) is 0 Å². The maximum Gasteiger partial charge on any atom is 0.270 e. The Morgan fingerprint density at radius 3 is 2.71 bits per heavy atom. The summed E-state index contributed by atoms with van der Waals surface area (Å²) < 4.78 is 12.9. The van der Waals surface area contributed by atoms with Crippen LogP contribution in [0.3, 0.4) is 0 Å². The second kappa shape index (κ2) is 6.97. The Kier molecular flexibility index (Phi) is 4.76. The third-order valence-corrected chi connectivity index (χ3v) is 4.02. The van der Waals surface area contributed by atoms with Gasteiger partial charge in [0, 0.05) is 25.7 Å². The number of amides is 2. The van der Waals surface area contributed by atoms with Crippen molar-refractivity contribution in [1.29, 1.82) is 0 Å². The standard InChI is InChI=1S/C17H15ClFN3O2/c18-12-3-6-15(20-8-12)17(24)21-14-7-16(23)22(10-14)9-11-1-4-13(19)5-2-11/h1-6,8,14H,7,9-10H2,(H,21,24). The van der Waals surface area contributed by atoms with E-state index >= 15 is 0 Å². The molecule has 0 bridgehead atoms. The molecular formula is C17H15ClFN3O2. The van der Waals surface area contributed by atoms with Crippen LogP contribution in [0.4, 0.5) is 4.39 Å². The molecule has 1 saturated heterocycles. The Balaban J connectivity index is 1.59. The molecule has 1 aliphatic heterocycles. The molecule has 1 fully saturated rings. The van der Waals surface area contributed by atoms with Gasteiger partial charge in [-0.05, 0) is 29.8 Å². The number of hydrogen-bond donors (Lipinski definition) is 1. The van der Waals surface area contributed by atoms with Crippen LogP contribution in [-0.2, 0) is 11.3 Å². The molecule has 2 aromatic rings. The molecule has 1 atom stereocenters. The lowest BCUT2D eigenvalue weighted by Crippen LogP contribution is -2.37. The number of benzene rings is 1. The summed E-state index contributed by atoms with van der Waals surface area (Å²) >= 11 is 5.74. The molecule has 0 aliphatic carbocycles. The number of halogens is 2. The van der Waals surface area contributed by atoms with E-state index in [1.807, 2.05) is 0 Å². The van der Waals surface area contributed by atoms with Gasteiger partial charge in [-0.15, -0.1) is 0 Å². The molecule has 124 valence electrons. The number of aromatic nitrogens is 1. The summed E-state index contributed by atoms with van der Waals surface area (Å²) in [5.74, 6) is -0.700. The van der Waals surface area contributed by atoms with Crippen LogP contribution in [0.1, 0.15) is 22.5 Å². The summed E-state index contributed by atoms with van der Waals surface area (Å²) in [6, 6.07) is 8.86. The molecule has 1 aromatic heterocycles. The van der Waals surface area contributed by atoms with Gasteiger partial charge in [0.1, 0.15) is 11.5 Å². The average molecular weight is 348 g/mol. The summed E-state index contributed by atoms with van der Waals surface area (Å²) in [5, 5.41) is 3.25. The Hall–Kier alpha value is -2.47. The molecule has 1 unspecified atom stereocenters. The third-order valence-electron chi connectivity index (χ3n) is 3.80. The smallest absolute Gasteiger partial charge is 0.270 e. The van der Waals surface area contributed by atoms with E-state index in [4.69, 9.17) is 11.6 Å². The van der Waals surface area contributed by atoms with Crippen molar-refractivity contribution in [2.24, 2.45) is 0 Å². The summed E-state index contributed by atoms with van der Waals surface area (Å²) in [5.41, 5.74) is 1.10. The molecule has 1 N–H and O–H groups in total. The fourth-order valence-corrected chi connectivity index (χ4v) is 2.71. The SMILES string of the molecule is O=C(NC1CC(=O)N(Cc2ccc(F)cc2)C1)c1ccc(Cl)cn1. The maximum absolute atomic E-state index is 12.9. The maximum atomic E-state index is 12.9. The predicted octanol–water partition coefficient (Wildman–Crippen LogP) is 2.41. The van der Waals surface area contributed by atoms with Gasteiger partial charge in [0.2, 0.25) is 5.91 Å². The molecule has 5 nitrogen and oxygen atoms in total. The second-order valence-corrected chi connectivity index (χ2v) is 6.07. The molecule has 24 heavy (non-hydrogen) atoms. The highest BCUT2D eigenvalue weighted by Gasteiger charge is 2.30. The first kappa shape index (κ1) is 16.4. The largest absolute Gasteiger partial charge is 0.346 e. The monoisotopic (exact) mass is 347 g/mol. The number of carbonyl (C=O) groups excluding carboxylic acids is 2. The first-order valence-electron chi connectivity index (χ1n) is 7.46. The normalized spacial score (nSPS) is 17.2. The van der Waals surface area contributed by atoms with E-state index in [9.17, 15) is 14.0 Å². The minimum Gasteiger partial charge on any atom is -0.346 e. The van der Waals surface area contributed by atoms with Gasteiger partial charge >= 0.3 is 0 Å². The van der Waals surface area contributed by atoms with E-state index in [0.717, 1.165) is 5.56 Å². The zero-order valence-electron chi connectivity index (χ0n) is 12.7. The number of rotatable bonds is 4. The van der Waals surface area contributed by atoms with Crippen LogP contribution in [0, 0.1) is 5.82 Å². The molecule has 1 aliphatic rings. The minimum absolute atomic E-state index is 0.0475. The van der Waals surface area contributed by atoms with Gasteiger partial charge in [0.15, 0.2) is 0 Å². The van der Waals surface area contributed by atoms with Gasteiger partial charge in [0.25, 0.3) is 5.91 Å². The molecule has 0 radical (unpaired) electrons. The summed E-state index contributed by atoms with van der Waals surface area (Å²) in [6.07, 6.45) is 1.64. The van der Waals surface area contributed by atoms with Gasteiger partial charge in [-0.3, -0.25) is 9.59 Å². The summed E-state index contributed by atoms with van der Waals surface area (Å²) in [7, 11) is 0. The number of likely N-dealkylation sites (tertiary alicyclic amines) is 1. The molecular weight excluding hydrogens is 333 g/mol. The van der Waals surface area contributed by atoms with E-state index < -0.39 is 0 Å². The van der Waals surface area contributed by atoms with Crippen molar-refractivity contribution in [2.45, 2.75) is 19.0 Å². The van der Waals surface area contributed by atoms with E-state index in [1.54, 1.807) is 23.1 Å². The first-order chi connectivity index (χ1) is 11.5. The first-order valence-corrected chi connectivity index (χ1v) is 7.84. The van der Waals surface area contributed by atoms with Gasteiger partial charge < -0.3 is 10.2 Å². The van der Waals surface area contributed by atoms with E-state index in [-0.39, 0.29) is 35.8 Å². The van der Waals surface area contributed by atoms with Gasteiger partial charge in [0.05, 0.1) is 11.1 Å².